The molecule has 0 saturated heterocycles. The number of nitrogens with zero attached hydrogens (tertiary/aromatic N) is 2. The third kappa shape index (κ3) is 2.63. The zero-order valence-electron chi connectivity index (χ0n) is 12.4. The molecule has 22 heavy (non-hydrogen) atoms. The Kier molecular flexibility index (Phi) is 3.50. The molecule has 0 bridgehead atoms. The van der Waals surface area contributed by atoms with Crippen LogP contribution in [-0.2, 0) is 6.54 Å². The first-order valence-electron chi connectivity index (χ1n) is 6.96. The summed E-state index contributed by atoms with van der Waals surface area (Å²) in [5.41, 5.74) is 3.08. The molecule has 6 heteroatoms. The lowest BCUT2D eigenvalue weighted by Gasteiger charge is -2.07. The monoisotopic (exact) mass is 296 g/mol. The van der Waals surface area contributed by atoms with Gasteiger partial charge in [0.1, 0.15) is 11.3 Å². The van der Waals surface area contributed by atoms with Gasteiger partial charge in [-0.1, -0.05) is 6.07 Å². The summed E-state index contributed by atoms with van der Waals surface area (Å²) in [6, 6.07) is 7.43. The third-order valence-electron chi connectivity index (χ3n) is 3.52. The molecule has 1 amide bonds. The fourth-order valence-corrected chi connectivity index (χ4v) is 2.40. The minimum atomic E-state index is -0.303. The lowest BCUT2D eigenvalue weighted by atomic mass is 10.1. The number of rotatable bonds is 3. The maximum Gasteiger partial charge on any atom is 0.271 e. The van der Waals surface area contributed by atoms with Crippen molar-refractivity contribution < 1.29 is 4.79 Å². The van der Waals surface area contributed by atoms with Crippen molar-refractivity contribution >= 4 is 11.6 Å². The van der Waals surface area contributed by atoms with E-state index < -0.39 is 0 Å². The fraction of sp³-hybridized carbons (Fsp3) is 0.188. The number of fused-ring (bicyclic) bond motifs is 1. The van der Waals surface area contributed by atoms with Crippen LogP contribution < -0.4 is 10.9 Å². The predicted molar refractivity (Wildman–Crippen MR) is 82.9 cm³/mol. The lowest BCUT2D eigenvalue weighted by Crippen LogP contribution is -2.28. The van der Waals surface area contributed by atoms with E-state index in [2.05, 4.69) is 15.3 Å². The van der Waals surface area contributed by atoms with Crippen molar-refractivity contribution in [2.24, 2.45) is 0 Å². The summed E-state index contributed by atoms with van der Waals surface area (Å²) in [7, 11) is 0. The van der Waals surface area contributed by atoms with Crippen LogP contribution in [0.4, 0.5) is 0 Å². The van der Waals surface area contributed by atoms with Crippen molar-refractivity contribution in [3.8, 4) is 0 Å². The van der Waals surface area contributed by atoms with Crippen molar-refractivity contribution in [1.29, 1.82) is 0 Å². The summed E-state index contributed by atoms with van der Waals surface area (Å²) < 4.78 is 1.78. The zero-order valence-corrected chi connectivity index (χ0v) is 12.4. The van der Waals surface area contributed by atoms with Gasteiger partial charge in [-0.3, -0.25) is 9.59 Å². The number of amides is 1. The normalized spacial score (nSPS) is 10.8. The molecular weight excluding hydrogens is 280 g/mol. The number of hydrogen-bond donors (Lipinski definition) is 2. The highest BCUT2D eigenvalue weighted by Gasteiger charge is 2.12. The molecule has 3 aromatic rings. The molecule has 3 heterocycles. The van der Waals surface area contributed by atoms with E-state index in [1.165, 1.54) is 0 Å². The molecule has 0 aliphatic rings. The molecule has 112 valence electrons. The van der Waals surface area contributed by atoms with Crippen LogP contribution in [0.1, 0.15) is 27.3 Å². The van der Waals surface area contributed by atoms with Gasteiger partial charge in [0.25, 0.3) is 11.5 Å². The topological polar surface area (TPSA) is 79.3 Å². The van der Waals surface area contributed by atoms with Gasteiger partial charge in [-0.2, -0.15) is 0 Å². The standard InChI is InChI=1S/C16H16N4O2/c1-10-7-11(2)18-15(21)12(10)8-17-16(22)13-9-20-6-4-3-5-14(20)19-13/h3-7,9H,8H2,1-2H3,(H,17,22)(H,18,21). The summed E-state index contributed by atoms with van der Waals surface area (Å²) in [4.78, 5) is 31.1. The molecule has 0 unspecified atom stereocenters. The van der Waals surface area contributed by atoms with Crippen LogP contribution in [0.5, 0.6) is 0 Å². The number of pyridine rings is 2. The number of aromatic amines is 1. The second-order valence-corrected chi connectivity index (χ2v) is 5.22. The molecule has 0 aliphatic heterocycles. The molecule has 0 spiro atoms. The van der Waals surface area contributed by atoms with Gasteiger partial charge in [0.05, 0.1) is 0 Å². The van der Waals surface area contributed by atoms with Crippen LogP contribution in [0.15, 0.2) is 41.5 Å². The first kappa shape index (κ1) is 14.1. The largest absolute Gasteiger partial charge is 0.346 e. The number of carbonyl (C=O) groups is 1. The van der Waals surface area contributed by atoms with Crippen molar-refractivity contribution in [2.45, 2.75) is 20.4 Å². The van der Waals surface area contributed by atoms with E-state index in [9.17, 15) is 9.59 Å². The Morgan fingerprint density at radius 2 is 2.18 bits per heavy atom. The Morgan fingerprint density at radius 3 is 2.91 bits per heavy atom. The van der Waals surface area contributed by atoms with Gasteiger partial charge in [-0.25, -0.2) is 4.98 Å². The van der Waals surface area contributed by atoms with Crippen LogP contribution in [0.25, 0.3) is 5.65 Å². The molecule has 2 N–H and O–H groups in total. The summed E-state index contributed by atoms with van der Waals surface area (Å²) in [6.45, 7) is 3.86. The van der Waals surface area contributed by atoms with E-state index >= 15 is 0 Å². The average Bonchev–Trinajstić information content (AvgIpc) is 2.89. The summed E-state index contributed by atoms with van der Waals surface area (Å²) in [5, 5.41) is 2.74. The fourth-order valence-electron chi connectivity index (χ4n) is 2.40. The number of H-pyrrole nitrogens is 1. The smallest absolute Gasteiger partial charge is 0.271 e. The van der Waals surface area contributed by atoms with Crippen LogP contribution in [0.2, 0.25) is 0 Å². The Bertz CT molecular complexity index is 875. The number of aromatic nitrogens is 3. The second kappa shape index (κ2) is 5.48. The van der Waals surface area contributed by atoms with Gasteiger partial charge in [0.2, 0.25) is 0 Å². The highest BCUT2D eigenvalue weighted by molar-refractivity contribution is 5.92. The molecule has 0 radical (unpaired) electrons. The summed E-state index contributed by atoms with van der Waals surface area (Å²) in [6.07, 6.45) is 3.49. The second-order valence-electron chi connectivity index (χ2n) is 5.22. The average molecular weight is 296 g/mol. The molecule has 3 rings (SSSR count). The minimum absolute atomic E-state index is 0.173. The molecule has 6 nitrogen and oxygen atoms in total. The van der Waals surface area contributed by atoms with Crippen molar-refractivity contribution in [3.63, 3.8) is 0 Å². The van der Waals surface area contributed by atoms with Gasteiger partial charge >= 0.3 is 0 Å². The van der Waals surface area contributed by atoms with Gasteiger partial charge < -0.3 is 14.7 Å². The van der Waals surface area contributed by atoms with E-state index in [-0.39, 0.29) is 18.0 Å². The number of nitrogens with one attached hydrogen (secondary N) is 2. The van der Waals surface area contributed by atoms with E-state index in [1.54, 1.807) is 10.6 Å². The minimum Gasteiger partial charge on any atom is -0.346 e. The number of imidazole rings is 1. The van der Waals surface area contributed by atoms with Crippen molar-refractivity contribution in [2.75, 3.05) is 0 Å². The van der Waals surface area contributed by atoms with E-state index in [0.717, 1.165) is 11.3 Å². The molecule has 0 fully saturated rings. The predicted octanol–water partition coefficient (Wildman–Crippen LogP) is 1.57. The lowest BCUT2D eigenvalue weighted by molar-refractivity contribution is 0.0946. The Hall–Kier alpha value is -2.89. The molecule has 0 aliphatic carbocycles. The van der Waals surface area contributed by atoms with Crippen molar-refractivity contribution in [3.05, 3.63) is 69.5 Å². The molecule has 0 saturated carbocycles. The van der Waals surface area contributed by atoms with Crippen molar-refractivity contribution in [1.82, 2.24) is 19.7 Å². The number of carbonyl (C=O) groups excluding carboxylic acids is 1. The first-order chi connectivity index (χ1) is 10.5. The van der Waals surface area contributed by atoms with Gasteiger partial charge in [0, 0.05) is 30.2 Å². The highest BCUT2D eigenvalue weighted by atomic mass is 16.2. The maximum atomic E-state index is 12.2. The summed E-state index contributed by atoms with van der Waals surface area (Å²) in [5.74, 6) is -0.303. The number of hydrogen-bond acceptors (Lipinski definition) is 3. The first-order valence-corrected chi connectivity index (χ1v) is 6.96. The SMILES string of the molecule is Cc1cc(C)c(CNC(=O)c2cn3ccccc3n2)c(=O)[nH]1. The van der Waals surface area contributed by atoms with Crippen LogP contribution in [0.3, 0.4) is 0 Å². The van der Waals surface area contributed by atoms with E-state index in [0.29, 0.717) is 16.9 Å². The Balaban J connectivity index is 1.79. The van der Waals surface area contributed by atoms with Gasteiger partial charge in [-0.15, -0.1) is 0 Å². The Morgan fingerprint density at radius 1 is 1.36 bits per heavy atom. The molecule has 0 atom stereocenters. The molecular formula is C16H16N4O2. The van der Waals surface area contributed by atoms with Crippen LogP contribution in [-0.4, -0.2) is 20.3 Å². The summed E-state index contributed by atoms with van der Waals surface area (Å²) >= 11 is 0. The molecule has 0 aromatic carbocycles. The third-order valence-corrected chi connectivity index (χ3v) is 3.52. The van der Waals surface area contributed by atoms with Crippen LogP contribution in [0, 0.1) is 13.8 Å². The zero-order chi connectivity index (χ0) is 15.7. The van der Waals surface area contributed by atoms with Crippen LogP contribution >= 0.6 is 0 Å². The highest BCUT2D eigenvalue weighted by Crippen LogP contribution is 2.06. The van der Waals surface area contributed by atoms with E-state index in [4.69, 9.17) is 0 Å². The Labute approximate surface area is 126 Å². The van der Waals surface area contributed by atoms with E-state index in [1.807, 2.05) is 44.3 Å². The maximum absolute atomic E-state index is 12.2. The van der Waals surface area contributed by atoms with Gasteiger partial charge in [0.15, 0.2) is 0 Å². The van der Waals surface area contributed by atoms with Gasteiger partial charge in [-0.05, 0) is 37.6 Å². The molecule has 3 aromatic heterocycles. The number of aryl methyl sites for hydroxylation is 2. The quantitative estimate of drug-likeness (QED) is 0.770.